The van der Waals surface area contributed by atoms with E-state index in [1.165, 1.54) is 11.1 Å². The fraction of sp³-hybridized carbons (Fsp3) is 0.500. The summed E-state index contributed by atoms with van der Waals surface area (Å²) in [7, 11) is -0.0123. The van der Waals surface area contributed by atoms with Gasteiger partial charge in [-0.1, -0.05) is 20.8 Å². The first-order chi connectivity index (χ1) is 4.13. The molecule has 1 aromatic rings. The minimum atomic E-state index is -0.0123. The molecule has 1 atom stereocenters. The van der Waals surface area contributed by atoms with Crippen molar-refractivity contribution in [1.82, 2.24) is 0 Å². The quantitative estimate of drug-likeness (QED) is 0.447. The molecule has 67 valence electrons. The Morgan fingerprint density at radius 2 is 1.50 bits per heavy atom. The zero-order valence-electron chi connectivity index (χ0n) is 7.70. The number of rotatable bonds is 0. The summed E-state index contributed by atoms with van der Waals surface area (Å²) in [5, 5.41) is 1.54. The molecule has 1 unspecified atom stereocenters. The van der Waals surface area contributed by atoms with Crippen molar-refractivity contribution in [3.63, 3.8) is 0 Å². The molecular formula is C8H12Cl2PZr. The maximum Gasteiger partial charge on any atom is 3.00 e. The molecular weight excluding hydrogens is 289 g/mol. The average molecular weight is 301 g/mol. The van der Waals surface area contributed by atoms with Gasteiger partial charge in [0.25, 0.3) is 0 Å². The van der Waals surface area contributed by atoms with Gasteiger partial charge in [-0.25, -0.2) is 0 Å². The maximum absolute atomic E-state index is 3.42. The van der Waals surface area contributed by atoms with Gasteiger partial charge in [0, 0.05) is 0 Å². The Morgan fingerprint density at radius 3 is 1.58 bits per heavy atom. The second-order valence-corrected chi connectivity index (χ2v) is 4.52. The molecule has 0 aliphatic heterocycles. The van der Waals surface area contributed by atoms with E-state index in [2.05, 4.69) is 33.2 Å². The predicted molar refractivity (Wildman–Crippen MR) is 43.2 cm³/mol. The van der Waals surface area contributed by atoms with Crippen LogP contribution in [-0.4, -0.2) is 0 Å². The molecule has 12 heavy (non-hydrogen) atoms. The predicted octanol–water partition coefficient (Wildman–Crippen LogP) is -3.06. The van der Waals surface area contributed by atoms with E-state index in [9.17, 15) is 0 Å². The van der Waals surface area contributed by atoms with Gasteiger partial charge >= 0.3 is 26.2 Å². The summed E-state index contributed by atoms with van der Waals surface area (Å²) in [4.78, 5) is 0. The van der Waals surface area contributed by atoms with Gasteiger partial charge in [-0.3, -0.25) is 7.53 Å². The number of aryl methyl sites for hydroxylation is 2. The number of hydrogen-bond acceptors (Lipinski definition) is 0. The van der Waals surface area contributed by atoms with Crippen molar-refractivity contribution < 1.29 is 51.0 Å². The van der Waals surface area contributed by atoms with E-state index < -0.39 is 0 Å². The molecule has 0 aromatic carbocycles. The Morgan fingerprint density at radius 1 is 1.08 bits per heavy atom. The van der Waals surface area contributed by atoms with Crippen LogP contribution in [0.5, 0.6) is 0 Å². The molecule has 0 nitrogen and oxygen atoms in total. The second kappa shape index (κ2) is 7.63. The molecule has 0 amide bonds. The summed E-state index contributed by atoms with van der Waals surface area (Å²) in [6.07, 6.45) is 0. The van der Waals surface area contributed by atoms with Crippen LogP contribution in [0.15, 0.2) is 0 Å². The summed E-state index contributed by atoms with van der Waals surface area (Å²) in [6.45, 7) is 8.80. The van der Waals surface area contributed by atoms with Crippen molar-refractivity contribution in [2.75, 3.05) is 0 Å². The Labute approximate surface area is 108 Å². The van der Waals surface area contributed by atoms with Gasteiger partial charge in [0.2, 0.25) is 0 Å². The smallest absolute Gasteiger partial charge is 1.00 e. The number of halogens is 2. The van der Waals surface area contributed by atoms with Crippen LogP contribution >= 0.6 is 7.53 Å². The Bertz CT molecular complexity index is 211. The molecule has 0 fully saturated rings. The van der Waals surface area contributed by atoms with Gasteiger partial charge in [0.1, 0.15) is 0 Å². The van der Waals surface area contributed by atoms with Gasteiger partial charge in [-0.2, -0.15) is 22.2 Å². The molecule has 0 spiro atoms. The Hall–Kier alpha value is 1.24. The first-order valence-electron chi connectivity index (χ1n) is 3.14. The molecule has 0 aliphatic rings. The molecule has 0 aliphatic carbocycles. The van der Waals surface area contributed by atoms with E-state index >= 15 is 0 Å². The Kier molecular flexibility index (Phi) is 12.0. The van der Waals surface area contributed by atoms with Gasteiger partial charge in [0.15, 0.2) is 0 Å². The van der Waals surface area contributed by atoms with Crippen molar-refractivity contribution >= 4 is 7.53 Å². The first kappa shape index (κ1) is 18.9. The van der Waals surface area contributed by atoms with Crippen LogP contribution < -0.4 is 24.8 Å². The topological polar surface area (TPSA) is 0 Å². The normalized spacial score (nSPS) is 9.17. The summed E-state index contributed by atoms with van der Waals surface area (Å²) >= 11 is 0. The van der Waals surface area contributed by atoms with Crippen LogP contribution in [-0.2, 0) is 32.9 Å². The van der Waals surface area contributed by atoms with E-state index in [0.717, 1.165) is 0 Å². The average Bonchev–Trinajstić information content (AvgIpc) is 1.98. The van der Waals surface area contributed by atoms with Crippen molar-refractivity contribution in [3.05, 3.63) is 22.2 Å². The SMILES string of the molecule is Cc1[c-]p(C)c(C)c1C.[Cl-].[Cl-].[Zr+3]. The van der Waals surface area contributed by atoms with Gasteiger partial charge in [-0.05, 0) is 6.66 Å². The van der Waals surface area contributed by atoms with Crippen LogP contribution in [0.3, 0.4) is 0 Å². The van der Waals surface area contributed by atoms with Crippen LogP contribution in [0.4, 0.5) is 0 Å². The molecule has 0 bridgehead atoms. The molecule has 0 saturated heterocycles. The Balaban J connectivity index is -0.000000270. The molecule has 1 rings (SSSR count). The van der Waals surface area contributed by atoms with E-state index in [0.29, 0.717) is 0 Å². The van der Waals surface area contributed by atoms with Crippen molar-refractivity contribution in [2.24, 2.45) is 6.66 Å². The largest absolute Gasteiger partial charge is 3.00 e. The van der Waals surface area contributed by atoms with Gasteiger partial charge < -0.3 is 24.8 Å². The standard InChI is InChI=1S/C8H12P.2ClH.Zr/c1-6-5-9(4)8(3)7(6)2;;;/h1-4H3;2*1H;/q-1;;;+3/p-2. The third-order valence-corrected chi connectivity index (χ3v) is 3.96. The zero-order valence-corrected chi connectivity index (χ0v) is 12.6. The van der Waals surface area contributed by atoms with Crippen molar-refractivity contribution in [3.8, 4) is 0 Å². The van der Waals surface area contributed by atoms with Crippen molar-refractivity contribution in [1.29, 1.82) is 0 Å². The summed E-state index contributed by atoms with van der Waals surface area (Å²) in [5.41, 5.74) is 2.82. The van der Waals surface area contributed by atoms with Crippen LogP contribution in [0.1, 0.15) is 16.4 Å². The minimum Gasteiger partial charge on any atom is -1.00 e. The molecule has 4 heteroatoms. The summed E-state index contributed by atoms with van der Waals surface area (Å²) in [5.74, 6) is 3.42. The second-order valence-electron chi connectivity index (χ2n) is 2.51. The molecule has 1 aromatic heterocycles. The molecule has 0 saturated carbocycles. The zero-order chi connectivity index (χ0) is 7.02. The third kappa shape index (κ3) is 3.97. The van der Waals surface area contributed by atoms with Crippen LogP contribution in [0.25, 0.3) is 0 Å². The van der Waals surface area contributed by atoms with Crippen molar-refractivity contribution in [2.45, 2.75) is 20.8 Å². The fourth-order valence-electron chi connectivity index (χ4n) is 0.942. The van der Waals surface area contributed by atoms with E-state index in [-0.39, 0.29) is 58.6 Å². The van der Waals surface area contributed by atoms with Crippen LogP contribution in [0.2, 0.25) is 0 Å². The maximum atomic E-state index is 3.42. The summed E-state index contributed by atoms with van der Waals surface area (Å²) in [6, 6.07) is 0. The number of hydrogen-bond donors (Lipinski definition) is 0. The monoisotopic (exact) mass is 299 g/mol. The van der Waals surface area contributed by atoms with Gasteiger partial charge in [0.05, 0.1) is 0 Å². The molecule has 1 heterocycles. The fourth-order valence-corrected chi connectivity index (χ4v) is 2.45. The molecule has 1 radical (unpaired) electrons. The summed E-state index contributed by atoms with van der Waals surface area (Å²) < 4.78 is 0. The molecule has 0 N–H and O–H groups in total. The minimum absolute atomic E-state index is 0. The third-order valence-electron chi connectivity index (χ3n) is 1.94. The van der Waals surface area contributed by atoms with E-state index in [1.807, 2.05) is 0 Å². The first-order valence-corrected chi connectivity index (χ1v) is 4.93. The van der Waals surface area contributed by atoms with E-state index in [1.54, 1.807) is 5.30 Å². The van der Waals surface area contributed by atoms with Gasteiger partial charge in [-0.15, -0.1) is 0 Å². The van der Waals surface area contributed by atoms with E-state index in [4.69, 9.17) is 0 Å². The van der Waals surface area contributed by atoms with Crippen LogP contribution in [0, 0.1) is 26.6 Å².